The Balaban J connectivity index is 2.46. The second-order valence-corrected chi connectivity index (χ2v) is 5.63. The van der Waals surface area contributed by atoms with Crippen molar-refractivity contribution in [1.82, 2.24) is 5.32 Å². The van der Waals surface area contributed by atoms with Crippen molar-refractivity contribution in [2.75, 3.05) is 13.1 Å². The second-order valence-electron chi connectivity index (χ2n) is 4.12. The average Bonchev–Trinajstić information content (AvgIpc) is 2.24. The lowest BCUT2D eigenvalue weighted by molar-refractivity contribution is 0.740. The molecule has 0 aliphatic rings. The van der Waals surface area contributed by atoms with Crippen LogP contribution in [-0.4, -0.2) is 18.3 Å². The fourth-order valence-corrected chi connectivity index (χ4v) is 2.51. The summed E-state index contributed by atoms with van der Waals surface area (Å²) in [5, 5.41) is 3.93. The van der Waals surface area contributed by atoms with Crippen molar-refractivity contribution >= 4 is 11.8 Å². The van der Waals surface area contributed by atoms with Gasteiger partial charge in [0, 0.05) is 23.2 Å². The highest BCUT2D eigenvalue weighted by molar-refractivity contribution is 8.00. The summed E-state index contributed by atoms with van der Waals surface area (Å²) >= 11 is 1.92. The summed E-state index contributed by atoms with van der Waals surface area (Å²) in [6.07, 6.45) is 1.90. The van der Waals surface area contributed by atoms with Gasteiger partial charge < -0.3 is 5.32 Å². The number of hydrogen-bond donors (Lipinski definition) is 1. The minimum atomic E-state index is 0.585. The van der Waals surface area contributed by atoms with E-state index in [0.29, 0.717) is 5.25 Å². The first kappa shape index (κ1) is 13.3. The zero-order chi connectivity index (χ0) is 12.0. The van der Waals surface area contributed by atoms with E-state index in [1.807, 2.05) is 17.8 Å². The lowest BCUT2D eigenvalue weighted by Crippen LogP contribution is -2.22. The third kappa shape index (κ3) is 4.42. The Kier molecular flexibility index (Phi) is 5.64. The van der Waals surface area contributed by atoms with E-state index in [0.717, 1.165) is 13.1 Å². The summed E-state index contributed by atoms with van der Waals surface area (Å²) in [6.45, 7) is 12.2. The van der Waals surface area contributed by atoms with E-state index < -0.39 is 0 Å². The molecule has 0 aliphatic heterocycles. The van der Waals surface area contributed by atoms with Crippen LogP contribution in [0.2, 0.25) is 0 Å². The van der Waals surface area contributed by atoms with Gasteiger partial charge in [-0.3, -0.25) is 0 Å². The number of nitrogens with one attached hydrogen (secondary N) is 1. The van der Waals surface area contributed by atoms with Crippen LogP contribution in [0.25, 0.3) is 0 Å². The van der Waals surface area contributed by atoms with Gasteiger partial charge in [-0.25, -0.2) is 0 Å². The summed E-state index contributed by atoms with van der Waals surface area (Å²) in [5.74, 6) is 0. The molecule has 1 aromatic carbocycles. The molecule has 0 saturated carbocycles. The molecule has 0 spiro atoms. The summed E-state index contributed by atoms with van der Waals surface area (Å²) in [5.41, 5.74) is 2.73. The molecule has 0 aliphatic carbocycles. The molecule has 1 rings (SSSR count). The Morgan fingerprint density at radius 2 is 2.12 bits per heavy atom. The van der Waals surface area contributed by atoms with Gasteiger partial charge in [0.15, 0.2) is 0 Å². The first-order valence-electron chi connectivity index (χ1n) is 5.69. The molecular formula is C14H21NS. The number of rotatable bonds is 6. The number of aryl methyl sites for hydroxylation is 2. The number of benzene rings is 1. The van der Waals surface area contributed by atoms with Gasteiger partial charge in [0.05, 0.1) is 0 Å². The van der Waals surface area contributed by atoms with E-state index in [4.69, 9.17) is 0 Å². The molecule has 1 unspecified atom stereocenters. The van der Waals surface area contributed by atoms with Gasteiger partial charge in [-0.05, 0) is 37.1 Å². The highest BCUT2D eigenvalue weighted by atomic mass is 32.2. The van der Waals surface area contributed by atoms with E-state index >= 15 is 0 Å². The van der Waals surface area contributed by atoms with Gasteiger partial charge in [0.1, 0.15) is 0 Å². The molecule has 88 valence electrons. The normalized spacial score (nSPS) is 12.4. The van der Waals surface area contributed by atoms with Crippen molar-refractivity contribution in [3.05, 3.63) is 42.0 Å². The Morgan fingerprint density at radius 1 is 1.38 bits per heavy atom. The zero-order valence-corrected chi connectivity index (χ0v) is 11.2. The van der Waals surface area contributed by atoms with E-state index in [1.54, 1.807) is 0 Å². The zero-order valence-electron chi connectivity index (χ0n) is 10.4. The van der Waals surface area contributed by atoms with Gasteiger partial charge >= 0.3 is 0 Å². The summed E-state index contributed by atoms with van der Waals surface area (Å²) in [7, 11) is 0. The van der Waals surface area contributed by atoms with Crippen LogP contribution < -0.4 is 5.32 Å². The second kappa shape index (κ2) is 6.77. The summed E-state index contributed by atoms with van der Waals surface area (Å²) in [4.78, 5) is 1.36. The molecule has 16 heavy (non-hydrogen) atoms. The highest BCUT2D eigenvalue weighted by Crippen LogP contribution is 2.24. The fraction of sp³-hybridized carbons (Fsp3) is 0.429. The van der Waals surface area contributed by atoms with Crippen molar-refractivity contribution in [3.63, 3.8) is 0 Å². The van der Waals surface area contributed by atoms with Crippen LogP contribution in [0.5, 0.6) is 0 Å². The first-order chi connectivity index (χ1) is 7.63. The van der Waals surface area contributed by atoms with Crippen LogP contribution in [0.3, 0.4) is 0 Å². The lowest BCUT2D eigenvalue weighted by atomic mass is 10.1. The predicted octanol–water partition coefficient (Wildman–Crippen LogP) is 3.56. The largest absolute Gasteiger partial charge is 0.312 e. The van der Waals surface area contributed by atoms with Gasteiger partial charge in [-0.1, -0.05) is 19.1 Å². The van der Waals surface area contributed by atoms with Crippen molar-refractivity contribution in [1.29, 1.82) is 0 Å². The van der Waals surface area contributed by atoms with Crippen molar-refractivity contribution < 1.29 is 0 Å². The van der Waals surface area contributed by atoms with Gasteiger partial charge in [-0.2, -0.15) is 0 Å². The highest BCUT2D eigenvalue weighted by Gasteiger charge is 2.04. The molecule has 0 aromatic heterocycles. The monoisotopic (exact) mass is 235 g/mol. The van der Waals surface area contributed by atoms with Crippen LogP contribution >= 0.6 is 11.8 Å². The summed E-state index contributed by atoms with van der Waals surface area (Å²) < 4.78 is 0. The molecule has 0 saturated heterocycles. The Morgan fingerprint density at radius 3 is 2.75 bits per heavy atom. The molecular weight excluding hydrogens is 214 g/mol. The van der Waals surface area contributed by atoms with Crippen LogP contribution in [0.15, 0.2) is 35.7 Å². The smallest absolute Gasteiger partial charge is 0.0191 e. The average molecular weight is 235 g/mol. The minimum Gasteiger partial charge on any atom is -0.312 e. The Hall–Kier alpha value is -0.730. The standard InChI is InChI=1S/C14H21NS/c1-5-8-15-10-13(4)16-14-7-6-11(2)12(3)9-14/h5-7,9,13,15H,1,8,10H2,2-4H3. The van der Waals surface area contributed by atoms with Crippen LogP contribution in [-0.2, 0) is 0 Å². The van der Waals surface area contributed by atoms with Crippen LogP contribution in [0.1, 0.15) is 18.1 Å². The molecule has 0 bridgehead atoms. The van der Waals surface area contributed by atoms with Gasteiger partial charge in [0.2, 0.25) is 0 Å². The van der Waals surface area contributed by atoms with E-state index in [9.17, 15) is 0 Å². The van der Waals surface area contributed by atoms with Crippen molar-refractivity contribution in [2.24, 2.45) is 0 Å². The third-order valence-electron chi connectivity index (χ3n) is 2.54. The van der Waals surface area contributed by atoms with Crippen LogP contribution in [0.4, 0.5) is 0 Å². The first-order valence-corrected chi connectivity index (χ1v) is 6.57. The molecule has 0 amide bonds. The molecule has 0 fully saturated rings. The van der Waals surface area contributed by atoms with E-state index in [-0.39, 0.29) is 0 Å². The van der Waals surface area contributed by atoms with Crippen molar-refractivity contribution in [2.45, 2.75) is 30.9 Å². The maximum Gasteiger partial charge on any atom is 0.0191 e. The fourth-order valence-electron chi connectivity index (χ4n) is 1.45. The van der Waals surface area contributed by atoms with Crippen molar-refractivity contribution in [3.8, 4) is 0 Å². The number of hydrogen-bond acceptors (Lipinski definition) is 2. The van der Waals surface area contributed by atoms with Crippen LogP contribution in [0, 0.1) is 13.8 Å². The molecule has 1 N–H and O–H groups in total. The topological polar surface area (TPSA) is 12.0 Å². The van der Waals surface area contributed by atoms with E-state index in [1.165, 1.54) is 16.0 Å². The molecule has 1 nitrogen and oxygen atoms in total. The van der Waals surface area contributed by atoms with E-state index in [2.05, 4.69) is 50.9 Å². The molecule has 0 heterocycles. The SMILES string of the molecule is C=CCNCC(C)Sc1ccc(C)c(C)c1. The third-order valence-corrected chi connectivity index (χ3v) is 3.63. The van der Waals surface area contributed by atoms with Gasteiger partial charge in [0.25, 0.3) is 0 Å². The van der Waals surface area contributed by atoms with Gasteiger partial charge in [-0.15, -0.1) is 18.3 Å². The molecule has 1 atom stereocenters. The molecule has 2 heteroatoms. The Labute approximate surface area is 103 Å². The quantitative estimate of drug-likeness (QED) is 0.460. The molecule has 1 aromatic rings. The maximum atomic E-state index is 3.69. The predicted molar refractivity (Wildman–Crippen MR) is 74.3 cm³/mol. The lowest BCUT2D eigenvalue weighted by Gasteiger charge is -2.12. The summed E-state index contributed by atoms with van der Waals surface area (Å²) in [6, 6.07) is 6.67. The molecule has 0 radical (unpaired) electrons. The maximum absolute atomic E-state index is 3.69. The number of thioether (sulfide) groups is 1. The minimum absolute atomic E-state index is 0.585. The Bertz CT molecular complexity index is 347.